The molecule has 0 fully saturated rings. The molecular weight excluding hydrogens is 224 g/mol. The predicted molar refractivity (Wildman–Crippen MR) is 73.5 cm³/mol. The zero-order chi connectivity index (χ0) is 13.1. The summed E-state index contributed by atoms with van der Waals surface area (Å²) in [6.07, 6.45) is 2.14. The molecule has 0 N–H and O–H groups in total. The molecule has 1 unspecified atom stereocenters. The molecule has 1 aromatic carbocycles. The van der Waals surface area contributed by atoms with Crippen molar-refractivity contribution < 1.29 is 4.79 Å². The maximum atomic E-state index is 12.0. The number of para-hydroxylation sites is 2. The van der Waals surface area contributed by atoms with E-state index in [0.717, 1.165) is 23.3 Å². The summed E-state index contributed by atoms with van der Waals surface area (Å²) in [6.45, 7) is 4.24. The van der Waals surface area contributed by atoms with Gasteiger partial charge in [-0.05, 0) is 18.1 Å². The molecule has 0 amide bonds. The van der Waals surface area contributed by atoms with Gasteiger partial charge in [0.15, 0.2) is 0 Å². The van der Waals surface area contributed by atoms with E-state index in [0.29, 0.717) is 18.8 Å². The third-order valence-corrected chi connectivity index (χ3v) is 3.51. The monoisotopic (exact) mass is 244 g/mol. The average Bonchev–Trinajstić information content (AvgIpc) is 2.66. The normalized spacial score (nSPS) is 12.8. The lowest BCUT2D eigenvalue weighted by atomic mass is 10.0. The van der Waals surface area contributed by atoms with Gasteiger partial charge in [0, 0.05) is 13.5 Å². The Balaban J connectivity index is 2.17. The summed E-state index contributed by atoms with van der Waals surface area (Å²) in [5.41, 5.74) is 2.05. The first-order valence-corrected chi connectivity index (χ1v) is 6.53. The number of aryl methyl sites for hydroxylation is 1. The van der Waals surface area contributed by atoms with E-state index in [9.17, 15) is 4.79 Å². The van der Waals surface area contributed by atoms with Gasteiger partial charge in [-0.1, -0.05) is 32.4 Å². The van der Waals surface area contributed by atoms with E-state index in [1.165, 1.54) is 0 Å². The molecule has 2 rings (SSSR count). The maximum Gasteiger partial charge on any atom is 0.140 e. The Morgan fingerprint density at radius 3 is 2.78 bits per heavy atom. The molecule has 0 radical (unpaired) electrons. The Morgan fingerprint density at radius 2 is 2.11 bits per heavy atom. The number of carbonyl (C=O) groups excluding carboxylic acids is 1. The van der Waals surface area contributed by atoms with E-state index in [4.69, 9.17) is 0 Å². The molecule has 1 heterocycles. The summed E-state index contributed by atoms with van der Waals surface area (Å²) in [6, 6.07) is 7.98. The number of Topliss-reactive ketones (excluding diaryl/α,β-unsaturated/α-hetero) is 1. The highest BCUT2D eigenvalue weighted by Gasteiger charge is 2.13. The number of carbonyl (C=O) groups is 1. The first-order chi connectivity index (χ1) is 8.61. The molecule has 0 aliphatic carbocycles. The summed E-state index contributed by atoms with van der Waals surface area (Å²) < 4.78 is 2.02. The van der Waals surface area contributed by atoms with E-state index < -0.39 is 0 Å². The van der Waals surface area contributed by atoms with Crippen LogP contribution in [0.25, 0.3) is 11.0 Å². The number of ketones is 1. The van der Waals surface area contributed by atoms with Crippen molar-refractivity contribution in [1.29, 1.82) is 0 Å². The summed E-state index contributed by atoms with van der Waals surface area (Å²) in [5, 5.41) is 0. The lowest BCUT2D eigenvalue weighted by Crippen LogP contribution is -2.11. The minimum Gasteiger partial charge on any atom is -0.331 e. The van der Waals surface area contributed by atoms with Crippen molar-refractivity contribution in [3.63, 3.8) is 0 Å². The van der Waals surface area contributed by atoms with Gasteiger partial charge in [0.05, 0.1) is 17.5 Å². The first-order valence-electron chi connectivity index (χ1n) is 6.53. The Hall–Kier alpha value is -1.64. The zero-order valence-corrected chi connectivity index (χ0v) is 11.3. The van der Waals surface area contributed by atoms with Gasteiger partial charge in [0.1, 0.15) is 11.6 Å². The fraction of sp³-hybridized carbons (Fsp3) is 0.467. The Kier molecular flexibility index (Phi) is 3.80. The molecule has 3 heteroatoms. The highest BCUT2D eigenvalue weighted by Crippen LogP contribution is 2.16. The second kappa shape index (κ2) is 5.34. The Bertz CT molecular complexity index is 557. The van der Waals surface area contributed by atoms with E-state index in [1.807, 2.05) is 35.9 Å². The second-order valence-electron chi connectivity index (χ2n) is 5.01. The third kappa shape index (κ3) is 2.61. The summed E-state index contributed by atoms with van der Waals surface area (Å²) >= 11 is 0. The van der Waals surface area contributed by atoms with E-state index >= 15 is 0 Å². The van der Waals surface area contributed by atoms with E-state index in [1.54, 1.807) is 0 Å². The number of aromatic nitrogens is 2. The van der Waals surface area contributed by atoms with Crippen molar-refractivity contribution in [2.75, 3.05) is 0 Å². The van der Waals surface area contributed by atoms with E-state index in [-0.39, 0.29) is 5.78 Å². The molecule has 1 aromatic heterocycles. The molecule has 0 spiro atoms. The van der Waals surface area contributed by atoms with Gasteiger partial charge in [-0.15, -0.1) is 0 Å². The van der Waals surface area contributed by atoms with Crippen LogP contribution >= 0.6 is 0 Å². The topological polar surface area (TPSA) is 34.9 Å². The van der Waals surface area contributed by atoms with Crippen LogP contribution in [0.3, 0.4) is 0 Å². The fourth-order valence-electron chi connectivity index (χ4n) is 2.14. The number of rotatable bonds is 5. The van der Waals surface area contributed by atoms with Crippen LogP contribution in [0.1, 0.15) is 32.5 Å². The SMILES string of the molecule is CCC(C)CC(=O)Cc1nc2ccccc2n1C. The van der Waals surface area contributed by atoms with E-state index in [2.05, 4.69) is 18.8 Å². The quantitative estimate of drug-likeness (QED) is 0.810. The molecule has 2 aromatic rings. The van der Waals surface area contributed by atoms with Crippen LogP contribution in [0.5, 0.6) is 0 Å². The van der Waals surface area contributed by atoms with Crippen LogP contribution in [0.4, 0.5) is 0 Å². The molecule has 3 nitrogen and oxygen atoms in total. The van der Waals surface area contributed by atoms with Crippen LogP contribution in [0.2, 0.25) is 0 Å². The average molecular weight is 244 g/mol. The van der Waals surface area contributed by atoms with Crippen molar-refractivity contribution in [1.82, 2.24) is 9.55 Å². The van der Waals surface area contributed by atoms with Gasteiger partial charge >= 0.3 is 0 Å². The number of benzene rings is 1. The minimum atomic E-state index is 0.280. The van der Waals surface area contributed by atoms with Gasteiger partial charge in [-0.2, -0.15) is 0 Å². The molecule has 0 bridgehead atoms. The summed E-state index contributed by atoms with van der Waals surface area (Å²) in [4.78, 5) is 16.5. The van der Waals surface area contributed by atoms with Gasteiger partial charge < -0.3 is 4.57 Å². The van der Waals surface area contributed by atoms with Crippen LogP contribution in [0.15, 0.2) is 24.3 Å². The molecule has 0 aliphatic heterocycles. The number of imidazole rings is 1. The third-order valence-electron chi connectivity index (χ3n) is 3.51. The van der Waals surface area contributed by atoms with Crippen LogP contribution in [-0.2, 0) is 18.3 Å². The van der Waals surface area contributed by atoms with Crippen molar-refractivity contribution in [2.24, 2.45) is 13.0 Å². The number of fused-ring (bicyclic) bond motifs is 1. The first kappa shape index (κ1) is 12.8. The molecule has 0 aliphatic rings. The minimum absolute atomic E-state index is 0.280. The maximum absolute atomic E-state index is 12.0. The Labute approximate surface area is 108 Å². The molecule has 0 saturated carbocycles. The predicted octanol–water partition coefficient (Wildman–Crippen LogP) is 3.12. The number of nitrogens with zero attached hydrogens (tertiary/aromatic N) is 2. The standard InChI is InChI=1S/C15H20N2O/c1-4-11(2)9-12(18)10-15-16-13-7-5-6-8-14(13)17(15)3/h5-8,11H,4,9-10H2,1-3H3. The number of hydrogen-bond donors (Lipinski definition) is 0. The highest BCUT2D eigenvalue weighted by atomic mass is 16.1. The van der Waals surface area contributed by atoms with Gasteiger partial charge in [0.25, 0.3) is 0 Å². The van der Waals surface area contributed by atoms with Gasteiger partial charge in [0.2, 0.25) is 0 Å². The zero-order valence-electron chi connectivity index (χ0n) is 11.3. The largest absolute Gasteiger partial charge is 0.331 e. The van der Waals surface area contributed by atoms with Gasteiger partial charge in [-0.25, -0.2) is 4.98 Å². The van der Waals surface area contributed by atoms with Crippen molar-refractivity contribution in [3.8, 4) is 0 Å². The Morgan fingerprint density at radius 1 is 1.39 bits per heavy atom. The van der Waals surface area contributed by atoms with Crippen LogP contribution in [0, 0.1) is 5.92 Å². The summed E-state index contributed by atoms with van der Waals surface area (Å²) in [5.74, 6) is 1.61. The van der Waals surface area contributed by atoms with Gasteiger partial charge in [-0.3, -0.25) is 4.79 Å². The summed E-state index contributed by atoms with van der Waals surface area (Å²) in [7, 11) is 1.97. The molecular formula is C15H20N2O. The lowest BCUT2D eigenvalue weighted by Gasteiger charge is -2.07. The number of hydrogen-bond acceptors (Lipinski definition) is 2. The van der Waals surface area contributed by atoms with Crippen LogP contribution in [-0.4, -0.2) is 15.3 Å². The van der Waals surface area contributed by atoms with Crippen molar-refractivity contribution in [2.45, 2.75) is 33.1 Å². The molecule has 96 valence electrons. The smallest absolute Gasteiger partial charge is 0.140 e. The highest BCUT2D eigenvalue weighted by molar-refractivity contribution is 5.82. The lowest BCUT2D eigenvalue weighted by molar-refractivity contribution is -0.119. The second-order valence-corrected chi connectivity index (χ2v) is 5.01. The molecule has 0 saturated heterocycles. The molecule has 18 heavy (non-hydrogen) atoms. The fourth-order valence-corrected chi connectivity index (χ4v) is 2.14. The van der Waals surface area contributed by atoms with Crippen molar-refractivity contribution >= 4 is 16.8 Å². The van der Waals surface area contributed by atoms with Crippen LogP contribution < -0.4 is 0 Å². The molecule has 1 atom stereocenters. The van der Waals surface area contributed by atoms with Crippen molar-refractivity contribution in [3.05, 3.63) is 30.1 Å².